The van der Waals surface area contributed by atoms with Gasteiger partial charge in [-0.3, -0.25) is 9.59 Å². The molecule has 0 fully saturated rings. The molecule has 0 aliphatic carbocycles. The van der Waals surface area contributed by atoms with E-state index < -0.39 is 11.7 Å². The fraction of sp³-hybridized carbons (Fsp3) is 0.300. The number of carbonyl (C=O) groups excluding carboxylic acids is 2. The minimum Gasteiger partial charge on any atom is -0.496 e. The summed E-state index contributed by atoms with van der Waals surface area (Å²) >= 11 is 0. The van der Waals surface area contributed by atoms with Crippen LogP contribution in [0.5, 0.6) is 5.75 Å². The number of nitrogens with zero attached hydrogens (tertiary/aromatic N) is 1. The minimum atomic E-state index is -0.544. The number of benzene rings is 2. The number of anilines is 1. The van der Waals surface area contributed by atoms with E-state index in [2.05, 4.69) is 5.32 Å². The Balaban J connectivity index is 2.12. The zero-order valence-corrected chi connectivity index (χ0v) is 15.6. The van der Waals surface area contributed by atoms with E-state index in [4.69, 9.17) is 4.74 Å². The first kappa shape index (κ1) is 19.4. The molecule has 0 aliphatic heterocycles. The predicted octanol–water partition coefficient (Wildman–Crippen LogP) is 3.47. The third kappa shape index (κ3) is 4.39. The first-order valence-corrected chi connectivity index (χ1v) is 8.19. The number of hydrogen-bond acceptors (Lipinski definition) is 3. The van der Waals surface area contributed by atoms with Gasteiger partial charge in [-0.25, -0.2) is 4.39 Å². The number of methoxy groups -OCH3 is 1. The lowest BCUT2D eigenvalue weighted by Crippen LogP contribution is -2.35. The molecule has 0 radical (unpaired) electrons. The van der Waals surface area contributed by atoms with Gasteiger partial charge >= 0.3 is 0 Å². The largest absolute Gasteiger partial charge is 0.496 e. The second-order valence-corrected chi connectivity index (χ2v) is 6.33. The van der Waals surface area contributed by atoms with E-state index in [0.29, 0.717) is 0 Å². The van der Waals surface area contributed by atoms with Gasteiger partial charge in [-0.15, -0.1) is 0 Å². The van der Waals surface area contributed by atoms with Gasteiger partial charge < -0.3 is 15.0 Å². The van der Waals surface area contributed by atoms with Gasteiger partial charge in [0.05, 0.1) is 19.2 Å². The molecular weight excluding hydrogens is 335 g/mol. The van der Waals surface area contributed by atoms with Crippen molar-refractivity contribution >= 4 is 17.5 Å². The molecule has 0 aromatic heterocycles. The van der Waals surface area contributed by atoms with E-state index >= 15 is 0 Å². The van der Waals surface area contributed by atoms with E-state index in [0.717, 1.165) is 28.4 Å². The van der Waals surface area contributed by atoms with Crippen LogP contribution in [0, 0.1) is 26.6 Å². The highest BCUT2D eigenvalue weighted by molar-refractivity contribution is 6.01. The highest BCUT2D eigenvalue weighted by Gasteiger charge is 2.20. The molecule has 6 heteroatoms. The maximum Gasteiger partial charge on any atom is 0.257 e. The summed E-state index contributed by atoms with van der Waals surface area (Å²) in [4.78, 5) is 26.1. The number of amides is 2. The molecule has 0 atom stereocenters. The second kappa shape index (κ2) is 7.99. The number of hydrogen-bond donors (Lipinski definition) is 1. The van der Waals surface area contributed by atoms with Gasteiger partial charge in [-0.1, -0.05) is 17.7 Å². The number of likely N-dealkylation sites (N-methyl/N-ethyl adjacent to an activating group) is 1. The summed E-state index contributed by atoms with van der Waals surface area (Å²) in [5, 5.41) is 2.84. The van der Waals surface area contributed by atoms with Gasteiger partial charge in [0, 0.05) is 12.7 Å². The van der Waals surface area contributed by atoms with Crippen LogP contribution in [0.15, 0.2) is 30.3 Å². The number of nitrogens with one attached hydrogen (secondary N) is 1. The van der Waals surface area contributed by atoms with Crippen molar-refractivity contribution in [1.82, 2.24) is 4.90 Å². The normalized spacial score (nSPS) is 10.4. The first-order valence-electron chi connectivity index (χ1n) is 8.19. The maximum atomic E-state index is 13.5. The van der Waals surface area contributed by atoms with Crippen molar-refractivity contribution in [2.45, 2.75) is 20.8 Å². The molecule has 2 amide bonds. The van der Waals surface area contributed by atoms with Gasteiger partial charge in [0.25, 0.3) is 5.91 Å². The molecule has 5 nitrogen and oxygen atoms in total. The van der Waals surface area contributed by atoms with Crippen molar-refractivity contribution in [2.75, 3.05) is 26.0 Å². The standard InChI is InChI=1S/C20H23FN2O3/c1-12-8-13(2)19(14(3)9-12)22-18(24)11-23(4)20(25)16-10-15(21)6-7-17(16)26-5/h6-10H,11H2,1-5H3,(H,22,24). The fourth-order valence-electron chi connectivity index (χ4n) is 2.90. The topological polar surface area (TPSA) is 58.6 Å². The lowest BCUT2D eigenvalue weighted by molar-refractivity contribution is -0.116. The summed E-state index contributed by atoms with van der Waals surface area (Å²) in [7, 11) is 2.89. The van der Waals surface area contributed by atoms with E-state index in [-0.39, 0.29) is 23.8 Å². The molecule has 1 N–H and O–H groups in total. The molecule has 138 valence electrons. The van der Waals surface area contributed by atoms with Crippen LogP contribution in [0.25, 0.3) is 0 Å². The number of aryl methyl sites for hydroxylation is 3. The average Bonchev–Trinajstić information content (AvgIpc) is 2.57. The molecule has 0 spiro atoms. The molecule has 26 heavy (non-hydrogen) atoms. The Labute approximate surface area is 152 Å². The van der Waals surface area contributed by atoms with Crippen molar-refractivity contribution < 1.29 is 18.7 Å². The molecule has 2 rings (SSSR count). The Kier molecular flexibility index (Phi) is 5.97. The smallest absolute Gasteiger partial charge is 0.257 e. The summed E-state index contributed by atoms with van der Waals surface area (Å²) in [6.45, 7) is 5.67. The third-order valence-electron chi connectivity index (χ3n) is 4.06. The van der Waals surface area contributed by atoms with Crippen LogP contribution < -0.4 is 10.1 Å². The van der Waals surface area contributed by atoms with Crippen molar-refractivity contribution in [3.63, 3.8) is 0 Å². The van der Waals surface area contributed by atoms with Crippen molar-refractivity contribution in [3.05, 3.63) is 58.4 Å². The second-order valence-electron chi connectivity index (χ2n) is 6.33. The van der Waals surface area contributed by atoms with Gasteiger partial charge in [0.1, 0.15) is 11.6 Å². The quantitative estimate of drug-likeness (QED) is 0.890. The Hall–Kier alpha value is -2.89. The fourth-order valence-corrected chi connectivity index (χ4v) is 2.90. The summed E-state index contributed by atoms with van der Waals surface area (Å²) < 4.78 is 18.6. The monoisotopic (exact) mass is 358 g/mol. The first-order chi connectivity index (χ1) is 12.2. The van der Waals surface area contributed by atoms with Gasteiger partial charge in [0.15, 0.2) is 0 Å². The van der Waals surface area contributed by atoms with Crippen molar-refractivity contribution in [2.24, 2.45) is 0 Å². The molecule has 0 bridgehead atoms. The number of halogens is 1. The maximum absolute atomic E-state index is 13.5. The van der Waals surface area contributed by atoms with Crippen LogP contribution >= 0.6 is 0 Å². The Morgan fingerprint density at radius 1 is 1.12 bits per heavy atom. The molecule has 0 unspecified atom stereocenters. The zero-order chi connectivity index (χ0) is 19.4. The Morgan fingerprint density at radius 2 is 1.73 bits per heavy atom. The van der Waals surface area contributed by atoms with Gasteiger partial charge in [0.2, 0.25) is 5.91 Å². The summed E-state index contributed by atoms with van der Waals surface area (Å²) in [5.41, 5.74) is 3.84. The van der Waals surface area contributed by atoms with Crippen LogP contribution in [0.4, 0.5) is 10.1 Å². The third-order valence-corrected chi connectivity index (χ3v) is 4.06. The van der Waals surface area contributed by atoms with Crippen LogP contribution in [-0.4, -0.2) is 37.4 Å². The van der Waals surface area contributed by atoms with E-state index in [1.807, 2.05) is 32.9 Å². The van der Waals surface area contributed by atoms with Crippen molar-refractivity contribution in [3.8, 4) is 5.75 Å². The minimum absolute atomic E-state index is 0.0745. The highest BCUT2D eigenvalue weighted by Crippen LogP contribution is 2.23. The summed E-state index contributed by atoms with van der Waals surface area (Å²) in [6, 6.07) is 7.66. The van der Waals surface area contributed by atoms with E-state index in [1.54, 1.807) is 0 Å². The Bertz CT molecular complexity index is 826. The molecule has 0 aliphatic rings. The van der Waals surface area contributed by atoms with E-state index in [9.17, 15) is 14.0 Å². The van der Waals surface area contributed by atoms with Crippen molar-refractivity contribution in [1.29, 1.82) is 0 Å². The van der Waals surface area contributed by atoms with Crippen LogP contribution in [0.3, 0.4) is 0 Å². The lowest BCUT2D eigenvalue weighted by atomic mass is 10.1. The predicted molar refractivity (Wildman–Crippen MR) is 99.2 cm³/mol. The van der Waals surface area contributed by atoms with Crippen LogP contribution in [0.1, 0.15) is 27.0 Å². The summed E-state index contributed by atoms with van der Waals surface area (Å²) in [5.74, 6) is -1.10. The molecule has 0 saturated carbocycles. The zero-order valence-electron chi connectivity index (χ0n) is 15.6. The molecular formula is C20H23FN2O3. The van der Waals surface area contributed by atoms with Crippen LogP contribution in [-0.2, 0) is 4.79 Å². The average molecular weight is 358 g/mol. The lowest BCUT2D eigenvalue weighted by Gasteiger charge is -2.19. The molecule has 0 saturated heterocycles. The van der Waals surface area contributed by atoms with E-state index in [1.165, 1.54) is 31.2 Å². The van der Waals surface area contributed by atoms with Crippen LogP contribution in [0.2, 0.25) is 0 Å². The highest BCUT2D eigenvalue weighted by atomic mass is 19.1. The number of carbonyl (C=O) groups is 2. The SMILES string of the molecule is COc1ccc(F)cc1C(=O)N(C)CC(=O)Nc1c(C)cc(C)cc1C. The Morgan fingerprint density at radius 3 is 2.31 bits per heavy atom. The molecule has 2 aromatic carbocycles. The van der Waals surface area contributed by atoms with Gasteiger partial charge in [-0.05, 0) is 50.1 Å². The molecule has 2 aromatic rings. The number of rotatable bonds is 5. The molecule has 0 heterocycles. The summed E-state index contributed by atoms with van der Waals surface area (Å²) in [6.07, 6.45) is 0. The number of ether oxygens (including phenoxy) is 1. The van der Waals surface area contributed by atoms with Gasteiger partial charge in [-0.2, -0.15) is 0 Å².